The first-order valence-corrected chi connectivity index (χ1v) is 11.7. The van der Waals surface area contributed by atoms with Crippen LogP contribution in [-0.2, 0) is 14.3 Å². The number of fused-ring (bicyclic) bond motifs is 3. The number of aliphatic carboxylic acids is 1. The van der Waals surface area contributed by atoms with Crippen LogP contribution in [0.1, 0.15) is 49.1 Å². The van der Waals surface area contributed by atoms with E-state index in [-0.39, 0.29) is 32.0 Å². The Morgan fingerprint density at radius 2 is 1.56 bits per heavy atom. The molecule has 34 heavy (non-hydrogen) atoms. The molecule has 8 nitrogen and oxygen atoms in total. The van der Waals surface area contributed by atoms with Gasteiger partial charge < -0.3 is 25.6 Å². The van der Waals surface area contributed by atoms with E-state index in [1.54, 1.807) is 0 Å². The topological polar surface area (TPSA) is 125 Å². The van der Waals surface area contributed by atoms with Crippen LogP contribution in [0.15, 0.2) is 48.5 Å². The monoisotopic (exact) mass is 466 g/mol. The van der Waals surface area contributed by atoms with E-state index < -0.39 is 29.5 Å². The Hall–Kier alpha value is -3.39. The Morgan fingerprint density at radius 1 is 0.971 bits per heavy atom. The zero-order chi connectivity index (χ0) is 24.1. The van der Waals surface area contributed by atoms with Gasteiger partial charge in [0.15, 0.2) is 0 Å². The molecule has 4 rings (SSSR count). The van der Waals surface area contributed by atoms with Crippen LogP contribution in [0.25, 0.3) is 11.1 Å². The molecule has 8 heteroatoms. The van der Waals surface area contributed by atoms with Crippen LogP contribution in [0.4, 0.5) is 4.79 Å². The summed E-state index contributed by atoms with van der Waals surface area (Å²) in [6.07, 6.45) is 0.716. The number of amides is 2. The van der Waals surface area contributed by atoms with Gasteiger partial charge in [-0.05, 0) is 35.1 Å². The van der Waals surface area contributed by atoms with Crippen LogP contribution in [-0.4, -0.2) is 54.0 Å². The highest BCUT2D eigenvalue weighted by atomic mass is 16.5. The Kier molecular flexibility index (Phi) is 7.17. The summed E-state index contributed by atoms with van der Waals surface area (Å²) >= 11 is 0. The van der Waals surface area contributed by atoms with Gasteiger partial charge in [0.25, 0.3) is 0 Å². The zero-order valence-corrected chi connectivity index (χ0v) is 19.0. The fourth-order valence-electron chi connectivity index (χ4n) is 4.99. The molecule has 0 saturated heterocycles. The van der Waals surface area contributed by atoms with Gasteiger partial charge in [0.05, 0.1) is 17.9 Å². The number of rotatable bonds is 9. The molecule has 180 valence electrons. The van der Waals surface area contributed by atoms with Gasteiger partial charge >= 0.3 is 12.1 Å². The maximum Gasteiger partial charge on any atom is 0.407 e. The van der Waals surface area contributed by atoms with E-state index in [2.05, 4.69) is 22.8 Å². The van der Waals surface area contributed by atoms with Gasteiger partial charge in [-0.1, -0.05) is 61.4 Å². The van der Waals surface area contributed by atoms with Crippen molar-refractivity contribution in [2.75, 3.05) is 19.7 Å². The van der Waals surface area contributed by atoms with Crippen molar-refractivity contribution in [3.63, 3.8) is 0 Å². The van der Waals surface area contributed by atoms with Crippen LogP contribution in [0.3, 0.4) is 0 Å². The van der Waals surface area contributed by atoms with E-state index in [0.717, 1.165) is 35.1 Å². The Morgan fingerprint density at radius 3 is 2.15 bits per heavy atom. The van der Waals surface area contributed by atoms with Gasteiger partial charge in [0, 0.05) is 19.0 Å². The average Bonchev–Trinajstić information content (AvgIpc) is 3.44. The smallest absolute Gasteiger partial charge is 0.407 e. The second-order valence-corrected chi connectivity index (χ2v) is 9.13. The maximum atomic E-state index is 12.2. The molecule has 0 heterocycles. The fourth-order valence-corrected chi connectivity index (χ4v) is 4.99. The minimum absolute atomic E-state index is 0.0493. The standard InChI is InChI=1S/C26H30N2O6/c29-17(13-23(30)28-16-26(24(31)32)11-5-6-12-26)14-27-25(33)34-15-22-20-9-3-1-7-18(20)19-8-2-4-10-21(19)22/h1-4,7-10,17,22,29H,5-6,11-16H2,(H,27,33)(H,28,30)(H,31,32). The predicted molar refractivity (Wildman–Crippen MR) is 125 cm³/mol. The van der Waals surface area contributed by atoms with Crippen LogP contribution in [0.2, 0.25) is 0 Å². The van der Waals surface area contributed by atoms with E-state index in [9.17, 15) is 24.6 Å². The zero-order valence-electron chi connectivity index (χ0n) is 19.0. The molecule has 1 unspecified atom stereocenters. The lowest BCUT2D eigenvalue weighted by Gasteiger charge is -2.24. The molecular weight excluding hydrogens is 436 g/mol. The summed E-state index contributed by atoms with van der Waals surface area (Å²) in [5, 5.41) is 24.7. The minimum Gasteiger partial charge on any atom is -0.481 e. The molecule has 0 aromatic heterocycles. The number of carboxylic acid groups (broad SMARTS) is 1. The summed E-state index contributed by atoms with van der Waals surface area (Å²) in [4.78, 5) is 35.9. The Bertz CT molecular complexity index is 1020. The van der Waals surface area contributed by atoms with Crippen molar-refractivity contribution in [3.8, 4) is 11.1 Å². The number of carbonyl (C=O) groups is 3. The van der Waals surface area contributed by atoms with Crippen molar-refractivity contribution in [2.45, 2.75) is 44.1 Å². The van der Waals surface area contributed by atoms with Crippen molar-refractivity contribution in [2.24, 2.45) is 5.41 Å². The number of hydrogen-bond donors (Lipinski definition) is 4. The molecule has 0 aliphatic heterocycles. The predicted octanol–water partition coefficient (Wildman–Crippen LogP) is 3.04. The van der Waals surface area contributed by atoms with Crippen molar-refractivity contribution >= 4 is 18.0 Å². The van der Waals surface area contributed by atoms with E-state index in [0.29, 0.717) is 12.8 Å². The number of aliphatic hydroxyl groups excluding tert-OH is 1. The number of alkyl carbamates (subject to hydrolysis) is 1. The Labute approximate surface area is 198 Å². The van der Waals surface area contributed by atoms with E-state index in [4.69, 9.17) is 4.74 Å². The van der Waals surface area contributed by atoms with E-state index >= 15 is 0 Å². The first-order chi connectivity index (χ1) is 16.4. The van der Waals surface area contributed by atoms with Gasteiger partial charge in [0.1, 0.15) is 6.61 Å². The number of ether oxygens (including phenoxy) is 1. The maximum absolute atomic E-state index is 12.2. The van der Waals surface area contributed by atoms with Crippen LogP contribution in [0.5, 0.6) is 0 Å². The molecule has 2 aliphatic rings. The van der Waals surface area contributed by atoms with Gasteiger partial charge in [0.2, 0.25) is 5.91 Å². The number of hydrogen-bond acceptors (Lipinski definition) is 5. The highest BCUT2D eigenvalue weighted by Gasteiger charge is 2.41. The lowest BCUT2D eigenvalue weighted by molar-refractivity contribution is -0.148. The highest BCUT2D eigenvalue weighted by molar-refractivity contribution is 5.80. The molecule has 0 radical (unpaired) electrons. The van der Waals surface area contributed by atoms with Crippen LogP contribution in [0, 0.1) is 5.41 Å². The summed E-state index contributed by atoms with van der Waals surface area (Å²) in [5.41, 5.74) is 3.57. The molecule has 4 N–H and O–H groups in total. The van der Waals surface area contributed by atoms with Gasteiger partial charge in [-0.2, -0.15) is 0 Å². The number of benzene rings is 2. The molecule has 2 aromatic rings. The summed E-state index contributed by atoms with van der Waals surface area (Å²) in [7, 11) is 0. The third-order valence-corrected chi connectivity index (χ3v) is 6.89. The summed E-state index contributed by atoms with van der Waals surface area (Å²) in [5.74, 6) is -1.41. The van der Waals surface area contributed by atoms with Gasteiger partial charge in [-0.3, -0.25) is 9.59 Å². The third kappa shape index (κ3) is 5.07. The molecule has 2 aromatic carbocycles. The average molecular weight is 467 g/mol. The molecule has 1 fully saturated rings. The fraction of sp³-hybridized carbons (Fsp3) is 0.423. The SMILES string of the molecule is O=C(CC(O)CNC(=O)OCC1c2ccccc2-c2ccccc21)NCC1(C(=O)O)CCCC1. The molecule has 2 aliphatic carbocycles. The van der Waals surface area contributed by atoms with Gasteiger partial charge in [-0.25, -0.2) is 4.79 Å². The molecule has 0 spiro atoms. The number of aliphatic hydroxyl groups is 1. The first-order valence-electron chi connectivity index (χ1n) is 11.7. The lowest BCUT2D eigenvalue weighted by Crippen LogP contribution is -2.43. The van der Waals surface area contributed by atoms with Crippen LogP contribution < -0.4 is 10.6 Å². The highest BCUT2D eigenvalue weighted by Crippen LogP contribution is 2.44. The second-order valence-electron chi connectivity index (χ2n) is 9.13. The van der Waals surface area contributed by atoms with Crippen molar-refractivity contribution in [1.29, 1.82) is 0 Å². The van der Waals surface area contributed by atoms with Crippen LogP contribution >= 0.6 is 0 Å². The van der Waals surface area contributed by atoms with Crippen molar-refractivity contribution in [3.05, 3.63) is 59.7 Å². The second kappa shape index (κ2) is 10.3. The minimum atomic E-state index is -1.11. The lowest BCUT2D eigenvalue weighted by atomic mass is 9.86. The first kappa shape index (κ1) is 23.8. The molecule has 1 saturated carbocycles. The number of carboxylic acids is 1. The molecule has 1 atom stereocenters. The third-order valence-electron chi connectivity index (χ3n) is 6.89. The molecular formula is C26H30N2O6. The largest absolute Gasteiger partial charge is 0.481 e. The molecule has 0 bridgehead atoms. The number of nitrogens with one attached hydrogen (secondary N) is 2. The van der Waals surface area contributed by atoms with E-state index in [1.807, 2.05) is 36.4 Å². The Balaban J connectivity index is 1.22. The summed E-state index contributed by atoms with van der Waals surface area (Å²) in [6.45, 7) is 0.0651. The quantitative estimate of drug-likeness (QED) is 0.450. The van der Waals surface area contributed by atoms with Gasteiger partial charge in [-0.15, -0.1) is 0 Å². The van der Waals surface area contributed by atoms with Crippen molar-refractivity contribution < 1.29 is 29.3 Å². The summed E-state index contributed by atoms with van der Waals surface area (Å²) in [6, 6.07) is 16.1. The number of carbonyl (C=O) groups excluding carboxylic acids is 2. The van der Waals surface area contributed by atoms with Crippen molar-refractivity contribution in [1.82, 2.24) is 10.6 Å². The summed E-state index contributed by atoms with van der Waals surface area (Å²) < 4.78 is 5.42. The molecule has 2 amide bonds. The normalized spacial score (nSPS) is 16.9. The van der Waals surface area contributed by atoms with E-state index in [1.165, 1.54) is 0 Å².